The Labute approximate surface area is 223 Å². The molecule has 2 aliphatic rings. The first kappa shape index (κ1) is 25.3. The number of carbonyl (C=O) groups excluding carboxylic acids is 1. The lowest BCUT2D eigenvalue weighted by Gasteiger charge is -2.35. The number of hydrogen-bond acceptors (Lipinski definition) is 7. The van der Waals surface area contributed by atoms with Crippen molar-refractivity contribution in [1.29, 1.82) is 0 Å². The van der Waals surface area contributed by atoms with Crippen molar-refractivity contribution in [2.75, 3.05) is 10.6 Å². The van der Waals surface area contributed by atoms with Gasteiger partial charge in [-0.15, -0.1) is 0 Å². The van der Waals surface area contributed by atoms with E-state index in [4.69, 9.17) is 50.5 Å². The highest BCUT2D eigenvalue weighted by atomic mass is 35.5. The molecule has 1 aromatic carbocycles. The lowest BCUT2D eigenvalue weighted by atomic mass is 9.73. The fraction of sp³-hybridized carbons (Fsp3) is 0.500. The zero-order valence-corrected chi connectivity index (χ0v) is 22.0. The van der Waals surface area contributed by atoms with Gasteiger partial charge in [-0.25, -0.2) is 9.97 Å². The minimum atomic E-state index is -0.533. The van der Waals surface area contributed by atoms with E-state index >= 15 is 0 Å². The van der Waals surface area contributed by atoms with Crippen molar-refractivity contribution in [2.24, 2.45) is 11.1 Å². The molecule has 2 atom stereocenters. The number of nitrogens with one attached hydrogen (secondary N) is 2. The van der Waals surface area contributed by atoms with Crippen molar-refractivity contribution < 1.29 is 9.90 Å². The predicted octanol–water partition coefficient (Wildman–Crippen LogP) is 5.46. The van der Waals surface area contributed by atoms with E-state index in [1.165, 1.54) is 0 Å². The van der Waals surface area contributed by atoms with E-state index in [0.29, 0.717) is 63.1 Å². The molecule has 0 unspecified atom stereocenters. The Bertz CT molecular complexity index is 1280. The van der Waals surface area contributed by atoms with E-state index in [9.17, 15) is 9.90 Å². The second-order valence-electron chi connectivity index (χ2n) is 10.0. The number of primary amides is 1. The minimum absolute atomic E-state index is 0.0193. The molecule has 0 aliphatic heterocycles. The van der Waals surface area contributed by atoms with Gasteiger partial charge in [-0.05, 0) is 57.1 Å². The van der Waals surface area contributed by atoms with E-state index in [1.54, 1.807) is 18.3 Å². The highest BCUT2D eigenvalue weighted by Gasteiger charge is 2.38. The van der Waals surface area contributed by atoms with Crippen molar-refractivity contribution in [3.8, 4) is 0 Å². The van der Waals surface area contributed by atoms with Gasteiger partial charge in [-0.3, -0.25) is 9.36 Å². The van der Waals surface area contributed by atoms with Gasteiger partial charge in [-0.2, -0.15) is 4.98 Å². The molecule has 5 N–H and O–H groups in total. The van der Waals surface area contributed by atoms with Crippen molar-refractivity contribution in [3.63, 3.8) is 0 Å². The minimum Gasteiger partial charge on any atom is -0.393 e. The van der Waals surface area contributed by atoms with Crippen LogP contribution in [0.25, 0.3) is 11.2 Å². The Morgan fingerprint density at radius 1 is 1.14 bits per heavy atom. The van der Waals surface area contributed by atoms with Crippen LogP contribution in [0.4, 0.5) is 17.6 Å². The van der Waals surface area contributed by atoms with Crippen LogP contribution in [0.3, 0.4) is 0 Å². The first-order valence-corrected chi connectivity index (χ1v) is 13.2. The standard InChI is InChI=1S/C24H28Cl3N7O2/c1-24(21(28)36)6-4-14(5-7-24)34-20-18(11-29-22(33-20)30-13-2-3-15(35)10-13)31-23(34)32-19-16(26)8-12(25)9-17(19)27/h8-9,11,13-15,35H,2-7,10H2,1H3,(H2,28,36)(H,31,32)(H,29,30,33)/t13-,14-,15-,24+/m0/s1. The van der Waals surface area contributed by atoms with Crippen LogP contribution in [0.5, 0.6) is 0 Å². The van der Waals surface area contributed by atoms with Crippen LogP contribution in [-0.2, 0) is 4.79 Å². The maximum Gasteiger partial charge on any atom is 0.224 e. The maximum absolute atomic E-state index is 12.0. The van der Waals surface area contributed by atoms with Crippen molar-refractivity contribution in [2.45, 2.75) is 70.1 Å². The summed E-state index contributed by atoms with van der Waals surface area (Å²) < 4.78 is 2.04. The molecular formula is C24H28Cl3N7O2. The van der Waals surface area contributed by atoms with Crippen LogP contribution in [0.2, 0.25) is 15.1 Å². The van der Waals surface area contributed by atoms with Gasteiger partial charge in [0.25, 0.3) is 0 Å². The van der Waals surface area contributed by atoms with E-state index < -0.39 is 5.41 Å². The number of benzene rings is 1. The van der Waals surface area contributed by atoms with Crippen LogP contribution < -0.4 is 16.4 Å². The number of rotatable bonds is 6. The molecule has 2 heterocycles. The number of anilines is 3. The smallest absolute Gasteiger partial charge is 0.224 e. The maximum atomic E-state index is 12.0. The van der Waals surface area contributed by atoms with Gasteiger partial charge in [0.05, 0.1) is 28.0 Å². The number of hydrogen-bond donors (Lipinski definition) is 4. The number of carbonyl (C=O) groups is 1. The Morgan fingerprint density at radius 2 is 1.83 bits per heavy atom. The topological polar surface area (TPSA) is 131 Å². The summed E-state index contributed by atoms with van der Waals surface area (Å²) in [7, 11) is 0. The lowest BCUT2D eigenvalue weighted by Crippen LogP contribution is -2.38. The van der Waals surface area contributed by atoms with Gasteiger partial charge in [0, 0.05) is 22.5 Å². The molecule has 192 valence electrons. The molecular weight excluding hydrogens is 525 g/mol. The molecule has 0 bridgehead atoms. The van der Waals surface area contributed by atoms with Gasteiger partial charge >= 0.3 is 0 Å². The van der Waals surface area contributed by atoms with Gasteiger partial charge in [0.15, 0.2) is 5.65 Å². The fourth-order valence-corrected chi connectivity index (χ4v) is 6.10. The Kier molecular flexibility index (Phi) is 6.93. The van der Waals surface area contributed by atoms with E-state index in [-0.39, 0.29) is 24.1 Å². The van der Waals surface area contributed by atoms with Gasteiger partial charge in [-0.1, -0.05) is 41.7 Å². The number of nitrogens with zero attached hydrogens (tertiary/aromatic N) is 4. The zero-order chi connectivity index (χ0) is 25.6. The van der Waals surface area contributed by atoms with Crippen molar-refractivity contribution in [1.82, 2.24) is 19.5 Å². The number of halogens is 3. The van der Waals surface area contributed by atoms with Crippen LogP contribution in [0.1, 0.15) is 57.9 Å². The zero-order valence-electron chi connectivity index (χ0n) is 19.8. The second-order valence-corrected chi connectivity index (χ2v) is 11.3. The first-order valence-electron chi connectivity index (χ1n) is 12.0. The predicted molar refractivity (Wildman–Crippen MR) is 142 cm³/mol. The Hall–Kier alpha value is -2.33. The number of aliphatic hydroxyl groups excluding tert-OH is 1. The number of imidazole rings is 1. The Morgan fingerprint density at radius 3 is 2.44 bits per heavy atom. The highest BCUT2D eigenvalue weighted by Crippen LogP contribution is 2.44. The van der Waals surface area contributed by atoms with E-state index in [2.05, 4.69) is 15.6 Å². The molecule has 12 heteroatoms. The molecule has 0 radical (unpaired) electrons. The molecule has 1 amide bonds. The summed E-state index contributed by atoms with van der Waals surface area (Å²) in [6.07, 6.45) is 6.42. The summed E-state index contributed by atoms with van der Waals surface area (Å²) in [5, 5.41) is 17.7. The normalized spacial score (nSPS) is 26.3. The van der Waals surface area contributed by atoms with E-state index in [0.717, 1.165) is 25.7 Å². The second kappa shape index (κ2) is 9.85. The molecule has 2 aliphatic carbocycles. The quantitative estimate of drug-likeness (QED) is 0.319. The number of fused-ring (bicyclic) bond motifs is 1. The van der Waals surface area contributed by atoms with Crippen LogP contribution in [0, 0.1) is 5.41 Å². The summed E-state index contributed by atoms with van der Waals surface area (Å²) in [6, 6.07) is 3.36. The summed E-state index contributed by atoms with van der Waals surface area (Å²) in [6.45, 7) is 1.92. The third-order valence-electron chi connectivity index (χ3n) is 7.43. The third kappa shape index (κ3) is 4.94. The molecule has 2 fully saturated rings. The number of aromatic nitrogens is 4. The number of amides is 1. The Balaban J connectivity index is 1.53. The SMILES string of the molecule is C[C@]1(C(N)=O)CC[C@@H](n2c(Nc3c(Cl)cc(Cl)cc3Cl)nc3cnc(N[C@H]4CC[C@H](O)C4)nc32)CC1. The first-order chi connectivity index (χ1) is 17.1. The number of nitrogens with two attached hydrogens (primary N) is 1. The van der Waals surface area contributed by atoms with Gasteiger partial charge in [0.1, 0.15) is 5.52 Å². The van der Waals surface area contributed by atoms with Crippen molar-refractivity contribution >= 4 is 69.5 Å². The molecule has 36 heavy (non-hydrogen) atoms. The van der Waals surface area contributed by atoms with Gasteiger partial charge < -0.3 is 21.5 Å². The molecule has 3 aromatic rings. The van der Waals surface area contributed by atoms with Crippen molar-refractivity contribution in [3.05, 3.63) is 33.4 Å². The fourth-order valence-electron chi connectivity index (χ4n) is 5.18. The van der Waals surface area contributed by atoms with Crippen LogP contribution in [0.15, 0.2) is 18.3 Å². The highest BCUT2D eigenvalue weighted by molar-refractivity contribution is 6.41. The molecule has 0 saturated heterocycles. The largest absolute Gasteiger partial charge is 0.393 e. The van der Waals surface area contributed by atoms with Crippen LogP contribution in [-0.4, -0.2) is 42.7 Å². The lowest BCUT2D eigenvalue weighted by molar-refractivity contribution is -0.128. The van der Waals surface area contributed by atoms with Crippen LogP contribution >= 0.6 is 34.8 Å². The summed E-state index contributed by atoms with van der Waals surface area (Å²) >= 11 is 19.0. The molecule has 2 saturated carbocycles. The van der Waals surface area contributed by atoms with Gasteiger partial charge in [0.2, 0.25) is 17.8 Å². The number of aliphatic hydroxyl groups is 1. The average Bonchev–Trinajstić information content (AvgIpc) is 3.39. The summed E-state index contributed by atoms with van der Waals surface area (Å²) in [4.78, 5) is 26.1. The monoisotopic (exact) mass is 551 g/mol. The molecule has 2 aromatic heterocycles. The summed E-state index contributed by atoms with van der Waals surface area (Å²) in [5.74, 6) is 0.725. The molecule has 5 rings (SSSR count). The molecule has 9 nitrogen and oxygen atoms in total. The summed E-state index contributed by atoms with van der Waals surface area (Å²) in [5.41, 5.74) is 6.90. The molecule has 0 spiro atoms. The third-order valence-corrected chi connectivity index (χ3v) is 8.25. The average molecular weight is 553 g/mol. The van der Waals surface area contributed by atoms with E-state index in [1.807, 2.05) is 11.5 Å².